The number of aromatic nitrogens is 1. The van der Waals surface area contributed by atoms with E-state index in [2.05, 4.69) is 10.5 Å². The third-order valence-corrected chi connectivity index (χ3v) is 3.63. The van der Waals surface area contributed by atoms with Gasteiger partial charge in [0.05, 0.1) is 12.8 Å². The van der Waals surface area contributed by atoms with Crippen molar-refractivity contribution >= 4 is 5.91 Å². The quantitative estimate of drug-likeness (QED) is 0.756. The Kier molecular flexibility index (Phi) is 4.57. The Balaban J connectivity index is 1.57. The summed E-state index contributed by atoms with van der Waals surface area (Å²) in [5, 5.41) is 6.89. The molecular weight excluding hydrogens is 292 g/mol. The molecule has 0 spiro atoms. The van der Waals surface area contributed by atoms with Gasteiger partial charge in [-0.05, 0) is 25.5 Å². The number of benzene rings is 1. The van der Waals surface area contributed by atoms with Crippen LogP contribution in [0, 0.1) is 6.92 Å². The molecule has 0 bridgehead atoms. The molecule has 3 rings (SSSR count). The average molecular weight is 310 g/mol. The summed E-state index contributed by atoms with van der Waals surface area (Å²) in [4.78, 5) is 11.9. The highest BCUT2D eigenvalue weighted by molar-refractivity contribution is 5.76. The predicted molar refractivity (Wildman–Crippen MR) is 85.6 cm³/mol. The summed E-state index contributed by atoms with van der Waals surface area (Å²) in [6.45, 7) is 2.44. The Morgan fingerprint density at radius 2 is 2.04 bits per heavy atom. The highest BCUT2D eigenvalue weighted by Crippen LogP contribution is 2.23. The molecule has 0 aliphatic carbocycles. The maximum atomic E-state index is 11.9. The van der Waals surface area contributed by atoms with Crippen molar-refractivity contribution in [1.82, 2.24) is 10.5 Å². The van der Waals surface area contributed by atoms with E-state index in [9.17, 15) is 4.79 Å². The van der Waals surface area contributed by atoms with Crippen molar-refractivity contribution in [2.45, 2.75) is 26.3 Å². The summed E-state index contributed by atoms with van der Waals surface area (Å²) >= 11 is 0. The maximum Gasteiger partial charge on any atom is 0.220 e. The van der Waals surface area contributed by atoms with Gasteiger partial charge in [-0.2, -0.15) is 0 Å². The predicted octanol–water partition coefficient (Wildman–Crippen LogP) is 3.49. The van der Waals surface area contributed by atoms with Crippen molar-refractivity contribution in [2.75, 3.05) is 0 Å². The van der Waals surface area contributed by atoms with Gasteiger partial charge in [0.15, 0.2) is 0 Å². The fourth-order valence-electron chi connectivity index (χ4n) is 2.32. The SMILES string of the molecule is Cc1ccc(-c2nocc2CCC(=O)NCc2ccco2)cc1. The lowest BCUT2D eigenvalue weighted by Gasteiger charge is -2.04. The van der Waals surface area contributed by atoms with E-state index in [1.165, 1.54) is 5.56 Å². The third-order valence-electron chi connectivity index (χ3n) is 3.63. The number of hydrogen-bond acceptors (Lipinski definition) is 4. The first-order valence-corrected chi connectivity index (χ1v) is 7.52. The van der Waals surface area contributed by atoms with Crippen molar-refractivity contribution in [3.05, 3.63) is 65.8 Å². The van der Waals surface area contributed by atoms with Crippen LogP contribution in [0.5, 0.6) is 0 Å². The molecule has 5 nitrogen and oxygen atoms in total. The minimum absolute atomic E-state index is 0.0301. The number of carbonyl (C=O) groups excluding carboxylic acids is 1. The monoisotopic (exact) mass is 310 g/mol. The van der Waals surface area contributed by atoms with Gasteiger partial charge in [-0.25, -0.2) is 0 Å². The fourth-order valence-corrected chi connectivity index (χ4v) is 2.32. The number of carbonyl (C=O) groups is 1. The summed E-state index contributed by atoms with van der Waals surface area (Å²) < 4.78 is 10.3. The highest BCUT2D eigenvalue weighted by atomic mass is 16.5. The van der Waals surface area contributed by atoms with Crippen LogP contribution in [-0.4, -0.2) is 11.1 Å². The van der Waals surface area contributed by atoms with Crippen LogP contribution in [0.25, 0.3) is 11.3 Å². The van der Waals surface area contributed by atoms with E-state index in [1.54, 1.807) is 18.6 Å². The van der Waals surface area contributed by atoms with Gasteiger partial charge in [0.2, 0.25) is 5.91 Å². The van der Waals surface area contributed by atoms with E-state index in [0.29, 0.717) is 19.4 Å². The smallest absolute Gasteiger partial charge is 0.220 e. The number of rotatable bonds is 6. The lowest BCUT2D eigenvalue weighted by Crippen LogP contribution is -2.22. The molecule has 118 valence electrons. The fraction of sp³-hybridized carbons (Fsp3) is 0.222. The van der Waals surface area contributed by atoms with Gasteiger partial charge >= 0.3 is 0 Å². The second-order valence-electron chi connectivity index (χ2n) is 5.41. The van der Waals surface area contributed by atoms with Crippen molar-refractivity contribution < 1.29 is 13.7 Å². The number of furan rings is 1. The molecule has 0 saturated heterocycles. The number of amides is 1. The van der Waals surface area contributed by atoms with Crippen LogP contribution in [0.2, 0.25) is 0 Å². The lowest BCUT2D eigenvalue weighted by atomic mass is 10.0. The molecule has 1 amide bonds. The molecule has 1 aromatic carbocycles. The van der Waals surface area contributed by atoms with Crippen molar-refractivity contribution in [1.29, 1.82) is 0 Å². The molecule has 0 saturated carbocycles. The normalized spacial score (nSPS) is 10.7. The first-order valence-electron chi connectivity index (χ1n) is 7.52. The van der Waals surface area contributed by atoms with Gasteiger partial charge in [0.1, 0.15) is 17.7 Å². The summed E-state index contributed by atoms with van der Waals surface area (Å²) in [6.07, 6.45) is 4.15. The first kappa shape index (κ1) is 15.1. The van der Waals surface area contributed by atoms with Crippen LogP contribution in [0.4, 0.5) is 0 Å². The van der Waals surface area contributed by atoms with Gasteiger partial charge in [0.25, 0.3) is 0 Å². The Labute approximate surface area is 134 Å². The van der Waals surface area contributed by atoms with Gasteiger partial charge in [-0.15, -0.1) is 0 Å². The molecule has 0 atom stereocenters. The second kappa shape index (κ2) is 6.96. The van der Waals surface area contributed by atoms with Gasteiger partial charge < -0.3 is 14.3 Å². The summed E-state index contributed by atoms with van der Waals surface area (Å²) in [6, 6.07) is 11.7. The average Bonchev–Trinajstić information content (AvgIpc) is 3.23. The van der Waals surface area contributed by atoms with E-state index < -0.39 is 0 Å². The van der Waals surface area contributed by atoms with E-state index in [1.807, 2.05) is 37.3 Å². The van der Waals surface area contributed by atoms with Crippen LogP contribution in [-0.2, 0) is 17.8 Å². The minimum Gasteiger partial charge on any atom is -0.467 e. The van der Waals surface area contributed by atoms with Crippen LogP contribution >= 0.6 is 0 Å². The van der Waals surface area contributed by atoms with Crippen LogP contribution in [0.15, 0.2) is 57.9 Å². The van der Waals surface area contributed by atoms with Crippen molar-refractivity contribution in [3.8, 4) is 11.3 Å². The third kappa shape index (κ3) is 3.88. The zero-order chi connectivity index (χ0) is 16.1. The van der Waals surface area contributed by atoms with E-state index in [-0.39, 0.29) is 5.91 Å². The Morgan fingerprint density at radius 3 is 2.78 bits per heavy atom. The Bertz CT molecular complexity index is 758. The number of aryl methyl sites for hydroxylation is 2. The van der Waals surface area contributed by atoms with Crippen molar-refractivity contribution in [2.24, 2.45) is 0 Å². The van der Waals surface area contributed by atoms with E-state index in [4.69, 9.17) is 8.94 Å². The van der Waals surface area contributed by atoms with Crippen LogP contribution in [0.1, 0.15) is 23.3 Å². The minimum atomic E-state index is -0.0301. The Hall–Kier alpha value is -2.82. The molecular formula is C18H18N2O3. The van der Waals surface area contributed by atoms with Gasteiger partial charge in [0, 0.05) is 17.5 Å². The van der Waals surface area contributed by atoms with Crippen LogP contribution in [0.3, 0.4) is 0 Å². The van der Waals surface area contributed by atoms with Gasteiger partial charge in [-0.3, -0.25) is 4.79 Å². The molecule has 5 heteroatoms. The largest absolute Gasteiger partial charge is 0.467 e. The standard InChI is InChI=1S/C18H18N2O3/c1-13-4-6-14(7-5-13)18-15(12-23-20-18)8-9-17(21)19-11-16-3-2-10-22-16/h2-7,10,12H,8-9,11H2,1H3,(H,19,21). The molecule has 0 unspecified atom stereocenters. The number of hydrogen-bond donors (Lipinski definition) is 1. The second-order valence-corrected chi connectivity index (χ2v) is 5.41. The zero-order valence-corrected chi connectivity index (χ0v) is 12.9. The van der Waals surface area contributed by atoms with Crippen molar-refractivity contribution in [3.63, 3.8) is 0 Å². The maximum absolute atomic E-state index is 11.9. The molecule has 2 aromatic heterocycles. The molecule has 23 heavy (non-hydrogen) atoms. The summed E-state index contributed by atoms with van der Waals surface area (Å²) in [5.41, 5.74) is 3.91. The number of nitrogens with one attached hydrogen (secondary N) is 1. The zero-order valence-electron chi connectivity index (χ0n) is 12.9. The molecule has 2 heterocycles. The Morgan fingerprint density at radius 1 is 1.22 bits per heavy atom. The molecule has 1 N–H and O–H groups in total. The lowest BCUT2D eigenvalue weighted by molar-refractivity contribution is -0.121. The summed E-state index contributed by atoms with van der Waals surface area (Å²) in [5.74, 6) is 0.709. The summed E-state index contributed by atoms with van der Waals surface area (Å²) in [7, 11) is 0. The van der Waals surface area contributed by atoms with Crippen LogP contribution < -0.4 is 5.32 Å². The van der Waals surface area contributed by atoms with E-state index in [0.717, 1.165) is 22.6 Å². The molecule has 0 aliphatic heterocycles. The number of nitrogens with zero attached hydrogens (tertiary/aromatic N) is 1. The van der Waals surface area contributed by atoms with E-state index >= 15 is 0 Å². The topological polar surface area (TPSA) is 68.3 Å². The van der Waals surface area contributed by atoms with Gasteiger partial charge in [-0.1, -0.05) is 35.0 Å². The molecule has 0 radical (unpaired) electrons. The first-order chi connectivity index (χ1) is 11.2. The molecule has 3 aromatic rings. The highest BCUT2D eigenvalue weighted by Gasteiger charge is 2.12. The molecule has 0 fully saturated rings. The molecule has 0 aliphatic rings.